The van der Waals surface area contributed by atoms with Crippen LogP contribution in [0, 0.1) is 0 Å². The molecule has 0 amide bonds. The van der Waals surface area contributed by atoms with Gasteiger partial charge in [0.1, 0.15) is 17.7 Å². The summed E-state index contributed by atoms with van der Waals surface area (Å²) in [6.45, 7) is 4.21. The third-order valence-electron chi connectivity index (χ3n) is 3.95. The van der Waals surface area contributed by atoms with Gasteiger partial charge >= 0.3 is 0 Å². The van der Waals surface area contributed by atoms with Crippen LogP contribution < -0.4 is 15.0 Å². The smallest absolute Gasteiger partial charge is 0.224 e. The van der Waals surface area contributed by atoms with E-state index in [2.05, 4.69) is 25.2 Å². The van der Waals surface area contributed by atoms with Gasteiger partial charge in [-0.15, -0.1) is 0 Å². The summed E-state index contributed by atoms with van der Waals surface area (Å²) in [4.78, 5) is 15.0. The van der Waals surface area contributed by atoms with E-state index >= 15 is 0 Å². The molecule has 0 aromatic carbocycles. The predicted molar refractivity (Wildman–Crippen MR) is 92.3 cm³/mol. The normalized spacial score (nSPS) is 16.7. The van der Waals surface area contributed by atoms with Crippen LogP contribution in [0.15, 0.2) is 36.8 Å². The molecular formula is C17H23N5O2. The van der Waals surface area contributed by atoms with E-state index in [4.69, 9.17) is 4.74 Å². The Hall–Kier alpha value is -2.41. The summed E-state index contributed by atoms with van der Waals surface area (Å²) < 4.78 is 5.78. The number of piperidine rings is 1. The second-order valence-electron chi connectivity index (χ2n) is 5.95. The molecule has 2 N–H and O–H groups in total. The summed E-state index contributed by atoms with van der Waals surface area (Å²) in [5.41, 5.74) is 0. The van der Waals surface area contributed by atoms with Gasteiger partial charge in [-0.25, -0.2) is 4.98 Å². The first kappa shape index (κ1) is 16.4. The Morgan fingerprint density at radius 1 is 1.33 bits per heavy atom. The molecule has 1 aliphatic heterocycles. The van der Waals surface area contributed by atoms with E-state index < -0.39 is 0 Å². The van der Waals surface area contributed by atoms with E-state index in [0.29, 0.717) is 12.5 Å². The van der Waals surface area contributed by atoms with Crippen LogP contribution in [0.1, 0.15) is 19.8 Å². The van der Waals surface area contributed by atoms with Crippen LogP contribution in [-0.4, -0.2) is 51.9 Å². The van der Waals surface area contributed by atoms with Crippen LogP contribution >= 0.6 is 0 Å². The van der Waals surface area contributed by atoms with Gasteiger partial charge in [0, 0.05) is 25.5 Å². The van der Waals surface area contributed by atoms with Gasteiger partial charge in [0.2, 0.25) is 5.95 Å². The molecule has 24 heavy (non-hydrogen) atoms. The highest BCUT2D eigenvalue weighted by molar-refractivity contribution is 5.42. The summed E-state index contributed by atoms with van der Waals surface area (Å²) in [6.07, 6.45) is 6.50. The number of pyridine rings is 1. The van der Waals surface area contributed by atoms with Crippen molar-refractivity contribution in [3.8, 4) is 5.75 Å². The Morgan fingerprint density at radius 2 is 2.17 bits per heavy atom. The monoisotopic (exact) mass is 329 g/mol. The van der Waals surface area contributed by atoms with E-state index in [1.807, 2.05) is 25.1 Å². The second-order valence-corrected chi connectivity index (χ2v) is 5.95. The zero-order valence-electron chi connectivity index (χ0n) is 13.8. The van der Waals surface area contributed by atoms with Crippen LogP contribution in [0.2, 0.25) is 0 Å². The van der Waals surface area contributed by atoms with Gasteiger partial charge in [-0.3, -0.25) is 4.98 Å². The molecule has 3 heterocycles. The Labute approximate surface area is 141 Å². The molecule has 0 aliphatic carbocycles. The fourth-order valence-corrected chi connectivity index (χ4v) is 2.63. The summed E-state index contributed by atoms with van der Waals surface area (Å²) in [6, 6.07) is 5.63. The molecule has 0 radical (unpaired) electrons. The number of ether oxygens (including phenoxy) is 1. The third-order valence-corrected chi connectivity index (χ3v) is 3.95. The quantitative estimate of drug-likeness (QED) is 0.834. The van der Waals surface area contributed by atoms with E-state index in [9.17, 15) is 5.11 Å². The van der Waals surface area contributed by atoms with E-state index in [-0.39, 0.29) is 12.2 Å². The molecule has 1 fully saturated rings. The van der Waals surface area contributed by atoms with Gasteiger partial charge in [-0.1, -0.05) is 0 Å². The fraction of sp³-hybridized carbons (Fsp3) is 0.471. The van der Waals surface area contributed by atoms with Crippen molar-refractivity contribution in [1.82, 2.24) is 15.0 Å². The molecule has 1 saturated heterocycles. The zero-order chi connectivity index (χ0) is 16.8. The van der Waals surface area contributed by atoms with Gasteiger partial charge in [-0.2, -0.15) is 4.98 Å². The Balaban J connectivity index is 1.53. The summed E-state index contributed by atoms with van der Waals surface area (Å²) in [5, 5.41) is 12.8. The molecular weight excluding hydrogens is 306 g/mol. The summed E-state index contributed by atoms with van der Waals surface area (Å²) in [7, 11) is 0. The standard InChI is InChI=1S/C17H23N5O2/c1-13(24-15-3-2-7-18-12-15)11-20-17-19-8-4-16(21-17)22-9-5-14(23)6-10-22/h2-4,7-8,12-14,23H,5-6,9-11H2,1H3,(H,19,20,21)/t13-/m0/s1. The average molecular weight is 329 g/mol. The maximum Gasteiger partial charge on any atom is 0.224 e. The van der Waals surface area contributed by atoms with Crippen LogP contribution in [0.3, 0.4) is 0 Å². The lowest BCUT2D eigenvalue weighted by Gasteiger charge is -2.30. The molecule has 1 aliphatic rings. The van der Waals surface area contributed by atoms with Crippen LogP contribution in [0.25, 0.3) is 0 Å². The molecule has 0 saturated carbocycles. The number of rotatable bonds is 6. The van der Waals surface area contributed by atoms with Crippen LogP contribution in [-0.2, 0) is 0 Å². The Kier molecular flexibility index (Phi) is 5.43. The first-order chi connectivity index (χ1) is 11.7. The minimum atomic E-state index is -0.189. The number of nitrogens with zero attached hydrogens (tertiary/aromatic N) is 4. The van der Waals surface area contributed by atoms with E-state index in [0.717, 1.165) is 37.5 Å². The predicted octanol–water partition coefficient (Wildman–Crippen LogP) is 1.71. The van der Waals surface area contributed by atoms with Gasteiger partial charge in [-0.05, 0) is 38.0 Å². The number of aromatic nitrogens is 3. The van der Waals surface area contributed by atoms with E-state index in [1.165, 1.54) is 0 Å². The third kappa shape index (κ3) is 4.55. The van der Waals surface area contributed by atoms with Crippen LogP contribution in [0.4, 0.5) is 11.8 Å². The van der Waals surface area contributed by atoms with Crippen LogP contribution in [0.5, 0.6) is 5.75 Å². The van der Waals surface area contributed by atoms with Crippen molar-refractivity contribution in [3.63, 3.8) is 0 Å². The lowest BCUT2D eigenvalue weighted by atomic mass is 10.1. The molecule has 0 unspecified atom stereocenters. The van der Waals surface area contributed by atoms with Gasteiger partial charge in [0.25, 0.3) is 0 Å². The SMILES string of the molecule is C[C@@H](CNc1nccc(N2CCC(O)CC2)n1)Oc1cccnc1. The van der Waals surface area contributed by atoms with Crippen molar-refractivity contribution in [3.05, 3.63) is 36.8 Å². The molecule has 7 heteroatoms. The van der Waals surface area contributed by atoms with Crippen molar-refractivity contribution in [2.75, 3.05) is 29.9 Å². The minimum Gasteiger partial charge on any atom is -0.487 e. The first-order valence-corrected chi connectivity index (χ1v) is 8.27. The highest BCUT2D eigenvalue weighted by atomic mass is 16.5. The molecule has 0 bridgehead atoms. The zero-order valence-corrected chi connectivity index (χ0v) is 13.8. The highest BCUT2D eigenvalue weighted by Crippen LogP contribution is 2.18. The molecule has 128 valence electrons. The molecule has 2 aromatic rings. The number of hydrogen-bond donors (Lipinski definition) is 2. The molecule has 7 nitrogen and oxygen atoms in total. The molecule has 2 aromatic heterocycles. The van der Waals surface area contributed by atoms with Gasteiger partial charge in [0.05, 0.1) is 18.8 Å². The van der Waals surface area contributed by atoms with Crippen molar-refractivity contribution < 1.29 is 9.84 Å². The van der Waals surface area contributed by atoms with Gasteiger partial charge < -0.3 is 20.1 Å². The van der Waals surface area contributed by atoms with Crippen molar-refractivity contribution in [1.29, 1.82) is 0 Å². The topological polar surface area (TPSA) is 83.4 Å². The lowest BCUT2D eigenvalue weighted by Crippen LogP contribution is -2.36. The average Bonchev–Trinajstić information content (AvgIpc) is 2.62. The van der Waals surface area contributed by atoms with Gasteiger partial charge in [0.15, 0.2) is 0 Å². The van der Waals surface area contributed by atoms with Crippen molar-refractivity contribution in [2.45, 2.75) is 32.0 Å². The van der Waals surface area contributed by atoms with E-state index in [1.54, 1.807) is 18.6 Å². The largest absolute Gasteiger partial charge is 0.487 e. The van der Waals surface area contributed by atoms with Crippen molar-refractivity contribution >= 4 is 11.8 Å². The molecule has 0 spiro atoms. The summed E-state index contributed by atoms with van der Waals surface area (Å²) in [5.74, 6) is 2.22. The fourth-order valence-electron chi connectivity index (χ4n) is 2.63. The maximum atomic E-state index is 9.60. The Morgan fingerprint density at radius 3 is 2.92 bits per heavy atom. The number of hydrogen-bond acceptors (Lipinski definition) is 7. The number of anilines is 2. The number of nitrogens with one attached hydrogen (secondary N) is 1. The minimum absolute atomic E-state index is 0.0356. The molecule has 1 atom stereocenters. The lowest BCUT2D eigenvalue weighted by molar-refractivity contribution is 0.145. The first-order valence-electron chi connectivity index (χ1n) is 8.27. The second kappa shape index (κ2) is 7.92. The highest BCUT2D eigenvalue weighted by Gasteiger charge is 2.18. The Bertz CT molecular complexity index is 632. The number of aliphatic hydroxyl groups excluding tert-OH is 1. The number of aliphatic hydroxyl groups is 1. The summed E-state index contributed by atoms with van der Waals surface area (Å²) >= 11 is 0. The molecule has 3 rings (SSSR count). The maximum absolute atomic E-state index is 9.60. The van der Waals surface area contributed by atoms with Crippen molar-refractivity contribution in [2.24, 2.45) is 0 Å².